The lowest BCUT2D eigenvalue weighted by Crippen LogP contribution is -2.47. The van der Waals surface area contributed by atoms with Crippen LogP contribution in [0.5, 0.6) is 5.75 Å². The standard InChI is InChI=1S/C26H33N3O4/c30-24(31)16-22(20-7-6-17-11-14-33-23(17)15-20)29-13-10-19(26(29)32)3-1-5-21-9-8-18-4-2-12-27-25(18)28-21/h6-9,15,19,22,25,27-28H,1-5,10-14,16H2,(H,30,31)/t19-,22-,25?/m0/s1. The molecular weight excluding hydrogens is 418 g/mol. The SMILES string of the molecule is O=C(O)C[C@@H](c1ccc2c(c1)OCC2)N1CC[C@H](CCCC2=CC=C3CCCNC3N2)C1=O. The summed E-state index contributed by atoms with van der Waals surface area (Å²) in [6.45, 7) is 2.31. The Labute approximate surface area is 194 Å². The number of benzene rings is 1. The lowest BCUT2D eigenvalue weighted by atomic mass is 9.96. The number of aliphatic carboxylic acids is 1. The number of fused-ring (bicyclic) bond motifs is 2. The molecule has 176 valence electrons. The normalized spacial score (nSPS) is 24.8. The van der Waals surface area contributed by atoms with E-state index in [1.54, 1.807) is 4.90 Å². The highest BCUT2D eigenvalue weighted by atomic mass is 16.5. The van der Waals surface area contributed by atoms with Gasteiger partial charge in [0.1, 0.15) is 5.75 Å². The molecule has 3 N–H and O–H groups in total. The van der Waals surface area contributed by atoms with Crippen LogP contribution in [0.15, 0.2) is 41.6 Å². The molecule has 1 amide bonds. The first kappa shape index (κ1) is 22.0. The highest BCUT2D eigenvalue weighted by Gasteiger charge is 2.37. The highest BCUT2D eigenvalue weighted by Crippen LogP contribution is 2.36. The third-order valence-electron chi connectivity index (χ3n) is 7.39. The molecular formula is C26H33N3O4. The second kappa shape index (κ2) is 9.59. The van der Waals surface area contributed by atoms with Crippen LogP contribution in [-0.2, 0) is 16.0 Å². The van der Waals surface area contributed by atoms with Gasteiger partial charge in [-0.1, -0.05) is 18.2 Å². The number of allylic oxidation sites excluding steroid dienone is 3. The summed E-state index contributed by atoms with van der Waals surface area (Å²) < 4.78 is 5.68. The van der Waals surface area contributed by atoms with Gasteiger partial charge < -0.3 is 20.1 Å². The second-order valence-electron chi connectivity index (χ2n) is 9.56. The van der Waals surface area contributed by atoms with Gasteiger partial charge in [-0.2, -0.15) is 0 Å². The summed E-state index contributed by atoms with van der Waals surface area (Å²) in [6, 6.07) is 5.46. The van der Waals surface area contributed by atoms with Crippen LogP contribution in [0, 0.1) is 5.92 Å². The van der Waals surface area contributed by atoms with Gasteiger partial charge in [0.15, 0.2) is 0 Å². The minimum Gasteiger partial charge on any atom is -0.493 e. The van der Waals surface area contributed by atoms with Crippen LogP contribution < -0.4 is 15.4 Å². The van der Waals surface area contributed by atoms with Gasteiger partial charge in [-0.05, 0) is 73.9 Å². The maximum atomic E-state index is 13.3. The fourth-order valence-electron chi connectivity index (χ4n) is 5.58. The van der Waals surface area contributed by atoms with E-state index in [1.807, 2.05) is 18.2 Å². The van der Waals surface area contributed by atoms with E-state index in [0.29, 0.717) is 13.2 Å². The number of amides is 1. The van der Waals surface area contributed by atoms with Crippen LogP contribution in [-0.4, -0.2) is 47.7 Å². The number of nitrogens with one attached hydrogen (secondary N) is 2. The number of rotatable bonds is 8. The molecule has 4 aliphatic rings. The summed E-state index contributed by atoms with van der Waals surface area (Å²) in [4.78, 5) is 26.7. The highest BCUT2D eigenvalue weighted by molar-refractivity contribution is 5.82. The van der Waals surface area contributed by atoms with Crippen LogP contribution in [0.1, 0.15) is 62.1 Å². The van der Waals surface area contributed by atoms with Crippen LogP contribution in [0.25, 0.3) is 0 Å². The lowest BCUT2D eigenvalue weighted by Gasteiger charge is -2.32. The zero-order valence-electron chi connectivity index (χ0n) is 19.0. The Morgan fingerprint density at radius 1 is 1.27 bits per heavy atom. The van der Waals surface area contributed by atoms with E-state index < -0.39 is 12.0 Å². The van der Waals surface area contributed by atoms with Crippen molar-refractivity contribution < 1.29 is 19.4 Å². The summed E-state index contributed by atoms with van der Waals surface area (Å²) in [6.07, 6.45) is 11.3. The van der Waals surface area contributed by atoms with Gasteiger partial charge in [-0.3, -0.25) is 14.9 Å². The number of carboxylic acids is 1. The first-order valence-electron chi connectivity index (χ1n) is 12.3. The molecule has 1 aromatic carbocycles. The van der Waals surface area contributed by atoms with E-state index in [2.05, 4.69) is 22.8 Å². The third-order valence-corrected chi connectivity index (χ3v) is 7.39. The molecule has 2 fully saturated rings. The van der Waals surface area contributed by atoms with E-state index in [0.717, 1.165) is 61.9 Å². The molecule has 0 radical (unpaired) electrons. The predicted octanol–water partition coefficient (Wildman–Crippen LogP) is 3.28. The van der Waals surface area contributed by atoms with E-state index >= 15 is 0 Å². The molecule has 2 saturated heterocycles. The zero-order valence-corrected chi connectivity index (χ0v) is 19.0. The van der Waals surface area contributed by atoms with Crippen molar-refractivity contribution in [2.75, 3.05) is 19.7 Å². The number of carbonyl (C=O) groups is 2. The Morgan fingerprint density at radius 2 is 2.18 bits per heavy atom. The molecule has 3 atom stereocenters. The van der Waals surface area contributed by atoms with Crippen molar-refractivity contribution in [3.8, 4) is 5.75 Å². The number of nitrogens with zero attached hydrogens (tertiary/aromatic N) is 1. The Kier molecular flexibility index (Phi) is 6.40. The molecule has 0 aliphatic carbocycles. The summed E-state index contributed by atoms with van der Waals surface area (Å²) in [7, 11) is 0. The number of dihydropyridines is 1. The summed E-state index contributed by atoms with van der Waals surface area (Å²) in [5.74, 6) is -0.0137. The average Bonchev–Trinajstić information content (AvgIpc) is 3.43. The van der Waals surface area contributed by atoms with Gasteiger partial charge in [0.05, 0.1) is 25.2 Å². The molecule has 7 heteroatoms. The smallest absolute Gasteiger partial charge is 0.305 e. The zero-order chi connectivity index (χ0) is 22.8. The Morgan fingerprint density at radius 3 is 3.06 bits per heavy atom. The number of hydrogen-bond acceptors (Lipinski definition) is 5. The summed E-state index contributed by atoms with van der Waals surface area (Å²) in [5, 5.41) is 16.6. The summed E-state index contributed by atoms with van der Waals surface area (Å²) >= 11 is 0. The minimum atomic E-state index is -0.892. The molecule has 0 bridgehead atoms. The van der Waals surface area contributed by atoms with Crippen LogP contribution in [0.3, 0.4) is 0 Å². The topological polar surface area (TPSA) is 90.9 Å². The van der Waals surface area contributed by atoms with Gasteiger partial charge >= 0.3 is 5.97 Å². The first-order chi connectivity index (χ1) is 16.1. The Balaban J connectivity index is 1.20. The molecule has 4 heterocycles. The van der Waals surface area contributed by atoms with E-state index in [1.165, 1.54) is 17.7 Å². The molecule has 1 aromatic rings. The molecule has 0 spiro atoms. The van der Waals surface area contributed by atoms with Crippen LogP contribution >= 0.6 is 0 Å². The van der Waals surface area contributed by atoms with Crippen molar-refractivity contribution in [1.29, 1.82) is 0 Å². The fourth-order valence-corrected chi connectivity index (χ4v) is 5.58. The van der Waals surface area contributed by atoms with Gasteiger partial charge in [-0.15, -0.1) is 0 Å². The predicted molar refractivity (Wildman–Crippen MR) is 125 cm³/mol. The molecule has 1 unspecified atom stereocenters. The van der Waals surface area contributed by atoms with Gasteiger partial charge in [0, 0.05) is 24.6 Å². The molecule has 0 aromatic heterocycles. The molecule has 5 rings (SSSR count). The van der Waals surface area contributed by atoms with E-state index in [-0.39, 0.29) is 24.4 Å². The van der Waals surface area contributed by atoms with Gasteiger partial charge in [-0.25, -0.2) is 0 Å². The van der Waals surface area contributed by atoms with Crippen LogP contribution in [0.2, 0.25) is 0 Å². The molecule has 0 saturated carbocycles. The monoisotopic (exact) mass is 451 g/mol. The number of carbonyl (C=O) groups excluding carboxylic acids is 1. The number of hydrogen-bond donors (Lipinski definition) is 3. The molecule has 4 aliphatic heterocycles. The number of likely N-dealkylation sites (tertiary alicyclic amines) is 1. The van der Waals surface area contributed by atoms with E-state index in [9.17, 15) is 14.7 Å². The molecule has 33 heavy (non-hydrogen) atoms. The number of carboxylic acid groups (broad SMARTS) is 1. The van der Waals surface area contributed by atoms with Gasteiger partial charge in [0.2, 0.25) is 5.91 Å². The summed E-state index contributed by atoms with van der Waals surface area (Å²) in [5.41, 5.74) is 4.65. The largest absolute Gasteiger partial charge is 0.493 e. The Hall–Kier alpha value is -2.80. The quantitative estimate of drug-likeness (QED) is 0.562. The number of piperidine rings is 1. The van der Waals surface area contributed by atoms with E-state index in [4.69, 9.17) is 4.74 Å². The third kappa shape index (κ3) is 4.78. The number of ether oxygens (including phenoxy) is 1. The maximum absolute atomic E-state index is 13.3. The van der Waals surface area contributed by atoms with Crippen LogP contribution in [0.4, 0.5) is 0 Å². The van der Waals surface area contributed by atoms with Crippen molar-refractivity contribution in [2.45, 2.75) is 63.6 Å². The van der Waals surface area contributed by atoms with Crippen molar-refractivity contribution >= 4 is 11.9 Å². The first-order valence-corrected chi connectivity index (χ1v) is 12.3. The Bertz CT molecular complexity index is 986. The van der Waals surface area contributed by atoms with Gasteiger partial charge in [0.25, 0.3) is 0 Å². The van der Waals surface area contributed by atoms with Crippen molar-refractivity contribution in [3.05, 3.63) is 52.7 Å². The maximum Gasteiger partial charge on any atom is 0.305 e. The average molecular weight is 452 g/mol. The fraction of sp³-hybridized carbons (Fsp3) is 0.538. The minimum absolute atomic E-state index is 0.0323. The van der Waals surface area contributed by atoms with Crippen molar-refractivity contribution in [2.24, 2.45) is 5.92 Å². The lowest BCUT2D eigenvalue weighted by molar-refractivity contribution is -0.140. The second-order valence-corrected chi connectivity index (χ2v) is 9.56. The van der Waals surface area contributed by atoms with Crippen molar-refractivity contribution in [1.82, 2.24) is 15.5 Å². The van der Waals surface area contributed by atoms with Crippen molar-refractivity contribution in [3.63, 3.8) is 0 Å². The molecule has 7 nitrogen and oxygen atoms in total.